The fourth-order valence-electron chi connectivity index (χ4n) is 4.04. The van der Waals surface area contributed by atoms with Gasteiger partial charge in [0.2, 0.25) is 0 Å². The van der Waals surface area contributed by atoms with Crippen molar-refractivity contribution in [2.45, 2.75) is 38.5 Å². The molecule has 1 heterocycles. The fraction of sp³-hybridized carbons (Fsp3) is 0.333. The molecule has 10 heteroatoms. The third-order valence-electron chi connectivity index (χ3n) is 5.75. The lowest BCUT2D eigenvalue weighted by Gasteiger charge is -2.27. The average molecular weight is 487 g/mol. The first-order valence-corrected chi connectivity index (χ1v) is 11.4. The van der Waals surface area contributed by atoms with E-state index in [1.54, 1.807) is 37.3 Å². The van der Waals surface area contributed by atoms with Crippen LogP contribution in [0.5, 0.6) is 0 Å². The number of carbonyl (C=O) groups is 2. The van der Waals surface area contributed by atoms with Gasteiger partial charge in [-0.05, 0) is 74.4 Å². The van der Waals surface area contributed by atoms with E-state index in [1.165, 1.54) is 12.1 Å². The Morgan fingerprint density at radius 3 is 2.65 bits per heavy atom. The molecule has 1 aliphatic rings. The van der Waals surface area contributed by atoms with Crippen molar-refractivity contribution in [2.24, 2.45) is 5.92 Å². The molecule has 2 aromatic carbocycles. The summed E-state index contributed by atoms with van der Waals surface area (Å²) in [6.07, 6.45) is 2.98. The second-order valence-corrected chi connectivity index (χ2v) is 8.48. The average Bonchev–Trinajstić information content (AvgIpc) is 3.29. The minimum atomic E-state index is -0.728. The van der Waals surface area contributed by atoms with E-state index in [9.17, 15) is 14.0 Å². The van der Waals surface area contributed by atoms with Crippen LogP contribution in [0, 0.1) is 11.7 Å². The molecule has 178 valence electrons. The van der Waals surface area contributed by atoms with Crippen molar-refractivity contribution in [1.29, 1.82) is 0 Å². The van der Waals surface area contributed by atoms with Crippen LogP contribution in [-0.2, 0) is 9.53 Å². The van der Waals surface area contributed by atoms with Crippen LogP contribution < -0.4 is 10.6 Å². The molecule has 4 rings (SSSR count). The van der Waals surface area contributed by atoms with Gasteiger partial charge in [0.15, 0.2) is 0 Å². The quantitative estimate of drug-likeness (QED) is 0.413. The van der Waals surface area contributed by atoms with Gasteiger partial charge in [-0.3, -0.25) is 9.59 Å². The Morgan fingerprint density at radius 2 is 1.94 bits per heavy atom. The second-order valence-electron chi connectivity index (χ2n) is 8.04. The number of benzene rings is 2. The van der Waals surface area contributed by atoms with Gasteiger partial charge in [0.05, 0.1) is 18.2 Å². The molecule has 0 unspecified atom stereocenters. The first-order valence-electron chi connectivity index (χ1n) is 11.1. The van der Waals surface area contributed by atoms with E-state index in [1.807, 2.05) is 0 Å². The van der Waals surface area contributed by atoms with Gasteiger partial charge < -0.3 is 19.8 Å². The number of esters is 1. The van der Waals surface area contributed by atoms with Crippen molar-refractivity contribution >= 4 is 40.9 Å². The standard InChI is InChI=1S/C24H24ClFN4O4/c1-2-33-23(32)15-8-6-14(7-9-15)16-10-11-20(19(26)12-16)28-21(31)22-29-30-24(34-22)27-18-5-3-4-17(25)13-18/h3-5,10-15H,2,6-9H2,1H3,(H,27,30)(H,28,31). The van der Waals surface area contributed by atoms with Crippen molar-refractivity contribution in [2.75, 3.05) is 17.2 Å². The minimum Gasteiger partial charge on any atom is -0.466 e. The SMILES string of the molecule is CCOC(=O)C1CCC(c2ccc(NC(=O)c3nnc(Nc4cccc(Cl)c4)o3)c(F)c2)CC1. The number of ether oxygens (including phenoxy) is 1. The number of nitrogens with zero attached hydrogens (tertiary/aromatic N) is 2. The molecule has 1 fully saturated rings. The van der Waals surface area contributed by atoms with Gasteiger partial charge in [-0.1, -0.05) is 28.8 Å². The summed E-state index contributed by atoms with van der Waals surface area (Å²) >= 11 is 5.94. The van der Waals surface area contributed by atoms with E-state index in [4.69, 9.17) is 20.8 Å². The molecule has 8 nitrogen and oxygen atoms in total. The molecule has 0 spiro atoms. The van der Waals surface area contributed by atoms with Gasteiger partial charge in [0.1, 0.15) is 5.82 Å². The summed E-state index contributed by atoms with van der Waals surface area (Å²) in [6.45, 7) is 2.17. The third-order valence-corrected chi connectivity index (χ3v) is 5.99. The normalized spacial score (nSPS) is 17.7. The zero-order valence-electron chi connectivity index (χ0n) is 18.5. The molecule has 1 saturated carbocycles. The summed E-state index contributed by atoms with van der Waals surface area (Å²) in [6, 6.07) is 11.6. The lowest BCUT2D eigenvalue weighted by molar-refractivity contribution is -0.149. The van der Waals surface area contributed by atoms with Gasteiger partial charge in [-0.2, -0.15) is 0 Å². The summed E-state index contributed by atoms with van der Waals surface area (Å²) in [5.74, 6) is -1.70. The molecule has 1 amide bonds. The molecule has 1 aromatic heterocycles. The Kier molecular flexibility index (Phi) is 7.42. The van der Waals surface area contributed by atoms with Crippen LogP contribution >= 0.6 is 11.6 Å². The highest BCUT2D eigenvalue weighted by Gasteiger charge is 2.28. The number of hydrogen-bond acceptors (Lipinski definition) is 7. The van der Waals surface area contributed by atoms with E-state index < -0.39 is 11.7 Å². The Bertz CT molecular complexity index is 1180. The van der Waals surface area contributed by atoms with E-state index in [0.29, 0.717) is 30.2 Å². The molecule has 0 atom stereocenters. The highest BCUT2D eigenvalue weighted by Crippen LogP contribution is 2.37. The number of hydrogen-bond donors (Lipinski definition) is 2. The summed E-state index contributed by atoms with van der Waals surface area (Å²) < 4.78 is 25.2. The highest BCUT2D eigenvalue weighted by atomic mass is 35.5. The molecular weight excluding hydrogens is 463 g/mol. The molecule has 1 aliphatic carbocycles. The number of rotatable bonds is 7. The minimum absolute atomic E-state index is 0.00153. The number of amides is 1. The van der Waals surface area contributed by atoms with Gasteiger partial charge in [0, 0.05) is 10.7 Å². The molecule has 34 heavy (non-hydrogen) atoms. The predicted molar refractivity (Wildman–Crippen MR) is 125 cm³/mol. The van der Waals surface area contributed by atoms with Gasteiger partial charge in [-0.15, -0.1) is 5.10 Å². The maximum absolute atomic E-state index is 14.7. The van der Waals surface area contributed by atoms with Crippen LogP contribution in [-0.4, -0.2) is 28.7 Å². The second kappa shape index (κ2) is 10.6. The molecular formula is C24H24ClFN4O4. The zero-order valence-corrected chi connectivity index (χ0v) is 19.3. The monoisotopic (exact) mass is 486 g/mol. The van der Waals surface area contributed by atoms with Crippen LogP contribution in [0.2, 0.25) is 5.02 Å². The fourth-order valence-corrected chi connectivity index (χ4v) is 4.23. The Morgan fingerprint density at radius 1 is 1.15 bits per heavy atom. The van der Waals surface area contributed by atoms with Gasteiger partial charge in [-0.25, -0.2) is 4.39 Å². The molecule has 0 radical (unpaired) electrons. The zero-order chi connectivity index (χ0) is 24.1. The lowest BCUT2D eigenvalue weighted by atomic mass is 9.78. The van der Waals surface area contributed by atoms with Gasteiger partial charge >= 0.3 is 23.8 Å². The van der Waals surface area contributed by atoms with E-state index in [0.717, 1.165) is 18.4 Å². The van der Waals surface area contributed by atoms with Crippen molar-refractivity contribution in [3.63, 3.8) is 0 Å². The molecule has 0 saturated heterocycles. The van der Waals surface area contributed by atoms with Crippen molar-refractivity contribution in [3.8, 4) is 0 Å². The number of carbonyl (C=O) groups excluding carboxylic acids is 2. The van der Waals surface area contributed by atoms with Crippen LogP contribution in [0.3, 0.4) is 0 Å². The molecule has 0 aliphatic heterocycles. The van der Waals surface area contributed by atoms with E-state index in [-0.39, 0.29) is 35.4 Å². The van der Waals surface area contributed by atoms with Crippen molar-refractivity contribution in [1.82, 2.24) is 10.2 Å². The summed E-state index contributed by atoms with van der Waals surface area (Å²) in [5, 5.41) is 13.3. The van der Waals surface area contributed by atoms with E-state index >= 15 is 0 Å². The maximum Gasteiger partial charge on any atom is 0.320 e. The first-order chi connectivity index (χ1) is 16.4. The Labute approximate surface area is 200 Å². The summed E-state index contributed by atoms with van der Waals surface area (Å²) in [5.41, 5.74) is 1.46. The topological polar surface area (TPSA) is 106 Å². The Hall–Kier alpha value is -3.46. The van der Waals surface area contributed by atoms with Crippen molar-refractivity contribution < 1.29 is 23.1 Å². The highest BCUT2D eigenvalue weighted by molar-refractivity contribution is 6.30. The van der Waals surface area contributed by atoms with Crippen LogP contribution in [0.1, 0.15) is 54.8 Å². The smallest absolute Gasteiger partial charge is 0.320 e. The number of aromatic nitrogens is 2. The first kappa shape index (κ1) is 23.7. The van der Waals surface area contributed by atoms with E-state index in [2.05, 4.69) is 20.8 Å². The lowest BCUT2D eigenvalue weighted by Crippen LogP contribution is -2.23. The Balaban J connectivity index is 1.35. The number of nitrogens with one attached hydrogen (secondary N) is 2. The van der Waals surface area contributed by atoms with Crippen molar-refractivity contribution in [3.05, 3.63) is 64.8 Å². The van der Waals surface area contributed by atoms with Gasteiger partial charge in [0.25, 0.3) is 0 Å². The number of anilines is 3. The third kappa shape index (κ3) is 5.72. The maximum atomic E-state index is 14.7. The molecule has 3 aromatic rings. The summed E-state index contributed by atoms with van der Waals surface area (Å²) in [7, 11) is 0. The van der Waals surface area contributed by atoms with Crippen LogP contribution in [0.25, 0.3) is 0 Å². The summed E-state index contributed by atoms with van der Waals surface area (Å²) in [4.78, 5) is 24.4. The molecule has 2 N–H and O–H groups in total. The largest absolute Gasteiger partial charge is 0.466 e. The predicted octanol–water partition coefficient (Wildman–Crippen LogP) is 5.69. The molecule has 0 bridgehead atoms. The van der Waals surface area contributed by atoms with Crippen LogP contribution in [0.15, 0.2) is 46.9 Å². The number of halogens is 2. The van der Waals surface area contributed by atoms with Crippen LogP contribution in [0.4, 0.5) is 21.8 Å².